The molecule has 1 heterocycles. The van der Waals surface area contributed by atoms with Crippen LogP contribution < -0.4 is 4.74 Å². The summed E-state index contributed by atoms with van der Waals surface area (Å²) in [4.78, 5) is 4.31. The average molecular weight is 327 g/mol. The van der Waals surface area contributed by atoms with E-state index in [1.165, 1.54) is 11.1 Å². The molecule has 0 fully saturated rings. The van der Waals surface area contributed by atoms with Crippen molar-refractivity contribution in [3.05, 3.63) is 96.3 Å². The smallest absolute Gasteiger partial charge is 0.148 e. The van der Waals surface area contributed by atoms with Crippen molar-refractivity contribution in [1.29, 1.82) is 0 Å². The normalized spacial score (nSPS) is 10.3. The Kier molecular flexibility index (Phi) is 4.80. The van der Waals surface area contributed by atoms with Crippen molar-refractivity contribution in [3.63, 3.8) is 0 Å². The van der Waals surface area contributed by atoms with Crippen LogP contribution in [0.5, 0.6) is 5.75 Å². The van der Waals surface area contributed by atoms with Crippen molar-refractivity contribution in [2.75, 3.05) is 0 Å². The highest BCUT2D eigenvalue weighted by Crippen LogP contribution is 2.30. The van der Waals surface area contributed by atoms with Gasteiger partial charge in [-0.1, -0.05) is 61.7 Å². The molecule has 0 N–H and O–H groups in total. The first-order valence-corrected chi connectivity index (χ1v) is 8.21. The lowest BCUT2D eigenvalue weighted by Crippen LogP contribution is -1.99. The molecule has 0 atom stereocenters. The van der Waals surface area contributed by atoms with E-state index in [4.69, 9.17) is 4.74 Å². The maximum atomic E-state index is 6.01. The van der Waals surface area contributed by atoms with Gasteiger partial charge in [0.25, 0.3) is 0 Å². The molecule has 0 radical (unpaired) electrons. The number of ether oxygens (including phenoxy) is 1. The van der Waals surface area contributed by atoms with Crippen LogP contribution in [-0.2, 0) is 0 Å². The summed E-state index contributed by atoms with van der Waals surface area (Å²) in [5.74, 6) is 1.33. The maximum absolute atomic E-state index is 6.01. The number of pyridine rings is 1. The lowest BCUT2D eigenvalue weighted by atomic mass is 9.96. The van der Waals surface area contributed by atoms with E-state index < -0.39 is 0 Å². The molecule has 0 aliphatic carbocycles. The molecule has 25 heavy (non-hydrogen) atoms. The second-order valence-corrected chi connectivity index (χ2v) is 5.95. The minimum Gasteiger partial charge on any atom is -0.455 e. The van der Waals surface area contributed by atoms with Gasteiger partial charge in [0.05, 0.1) is 11.9 Å². The maximum Gasteiger partial charge on any atom is 0.148 e. The molecule has 0 unspecified atom stereocenters. The molecule has 0 spiro atoms. The van der Waals surface area contributed by atoms with Gasteiger partial charge in [-0.3, -0.25) is 4.98 Å². The summed E-state index contributed by atoms with van der Waals surface area (Å²) in [6.45, 7) is 12.0. The molecule has 0 amide bonds. The first kappa shape index (κ1) is 16.7. The molecule has 2 nitrogen and oxygen atoms in total. The summed E-state index contributed by atoms with van der Waals surface area (Å²) in [5, 5.41) is 0. The van der Waals surface area contributed by atoms with Crippen LogP contribution in [0.4, 0.5) is 0 Å². The van der Waals surface area contributed by atoms with Crippen LogP contribution in [0.2, 0.25) is 0 Å². The fraction of sp³-hybridized carbons (Fsp3) is 0.0870. The van der Waals surface area contributed by atoms with Gasteiger partial charge in [0.2, 0.25) is 0 Å². The zero-order valence-electron chi connectivity index (χ0n) is 14.6. The van der Waals surface area contributed by atoms with E-state index in [0.29, 0.717) is 11.5 Å². The number of hydrogen-bond acceptors (Lipinski definition) is 2. The lowest BCUT2D eigenvalue weighted by Gasteiger charge is -2.15. The van der Waals surface area contributed by atoms with Gasteiger partial charge in [0.1, 0.15) is 11.5 Å². The van der Waals surface area contributed by atoms with Crippen molar-refractivity contribution in [2.24, 2.45) is 0 Å². The van der Waals surface area contributed by atoms with E-state index >= 15 is 0 Å². The summed E-state index contributed by atoms with van der Waals surface area (Å²) in [5.41, 5.74) is 6.34. The Hall–Kier alpha value is -3.13. The minimum absolute atomic E-state index is 0.617. The van der Waals surface area contributed by atoms with Crippen LogP contribution in [0.3, 0.4) is 0 Å². The number of nitrogens with zero attached hydrogens (tertiary/aromatic N) is 1. The fourth-order valence-corrected chi connectivity index (χ4v) is 2.84. The Balaban J connectivity index is 1.92. The molecule has 2 heteroatoms. The zero-order chi connectivity index (χ0) is 17.8. The van der Waals surface area contributed by atoms with E-state index in [1.807, 2.05) is 43.3 Å². The largest absolute Gasteiger partial charge is 0.455 e. The number of rotatable bonds is 5. The van der Waals surface area contributed by atoms with Gasteiger partial charge in [0.15, 0.2) is 0 Å². The average Bonchev–Trinajstić information content (AvgIpc) is 2.64. The van der Waals surface area contributed by atoms with Crippen LogP contribution in [0.1, 0.15) is 22.4 Å². The zero-order valence-corrected chi connectivity index (χ0v) is 14.6. The Labute approximate surface area is 149 Å². The van der Waals surface area contributed by atoms with Gasteiger partial charge in [-0.25, -0.2) is 0 Å². The van der Waals surface area contributed by atoms with Gasteiger partial charge in [0, 0.05) is 5.56 Å². The number of hydrogen-bond donors (Lipinski definition) is 0. The summed E-state index contributed by atoms with van der Waals surface area (Å²) < 4.78 is 6.01. The van der Waals surface area contributed by atoms with E-state index in [-0.39, 0.29) is 0 Å². The van der Waals surface area contributed by atoms with Crippen molar-refractivity contribution < 1.29 is 4.74 Å². The molecule has 0 saturated carbocycles. The molecule has 0 aliphatic heterocycles. The van der Waals surface area contributed by atoms with E-state index in [1.54, 1.807) is 12.3 Å². The highest BCUT2D eigenvalue weighted by molar-refractivity contribution is 5.75. The Bertz CT molecular complexity index is 926. The molecule has 0 saturated heterocycles. The summed E-state index contributed by atoms with van der Waals surface area (Å²) >= 11 is 0. The van der Waals surface area contributed by atoms with Crippen LogP contribution in [-0.4, -0.2) is 4.98 Å². The highest BCUT2D eigenvalue weighted by Gasteiger charge is 2.11. The van der Waals surface area contributed by atoms with E-state index in [0.717, 1.165) is 22.4 Å². The molecule has 0 bridgehead atoms. The SMILES string of the molecule is C=Cc1cc(C)c(OC(=C)c2cccc(-c3ccccc3)c2C)cn1. The van der Waals surface area contributed by atoms with E-state index in [2.05, 4.69) is 43.3 Å². The molecule has 2 aromatic carbocycles. The molecule has 3 rings (SSSR count). The summed E-state index contributed by atoms with van der Waals surface area (Å²) in [6.07, 6.45) is 3.44. The third-order valence-corrected chi connectivity index (χ3v) is 4.25. The molecule has 1 aromatic heterocycles. The Morgan fingerprint density at radius 2 is 1.80 bits per heavy atom. The molecular weight excluding hydrogens is 306 g/mol. The number of benzene rings is 2. The fourth-order valence-electron chi connectivity index (χ4n) is 2.84. The topological polar surface area (TPSA) is 22.1 Å². The van der Waals surface area contributed by atoms with Gasteiger partial charge < -0.3 is 4.74 Å². The van der Waals surface area contributed by atoms with Crippen molar-refractivity contribution in [2.45, 2.75) is 13.8 Å². The Morgan fingerprint density at radius 3 is 2.48 bits per heavy atom. The monoisotopic (exact) mass is 327 g/mol. The van der Waals surface area contributed by atoms with Crippen LogP contribution in [0.25, 0.3) is 23.0 Å². The molecular formula is C23H21NO. The first-order chi connectivity index (χ1) is 12.1. The number of aryl methyl sites for hydroxylation is 1. The standard InChI is InChI=1S/C23H21NO/c1-5-20-14-16(2)23(15-24-20)25-18(4)21-12-9-13-22(17(21)3)19-10-7-6-8-11-19/h5-15H,1,4H2,2-3H3. The van der Waals surface area contributed by atoms with Gasteiger partial charge in [-0.05, 0) is 48.2 Å². The molecule has 124 valence electrons. The Morgan fingerprint density at radius 1 is 1.04 bits per heavy atom. The van der Waals surface area contributed by atoms with Crippen molar-refractivity contribution in [1.82, 2.24) is 4.98 Å². The van der Waals surface area contributed by atoms with Crippen LogP contribution in [0, 0.1) is 13.8 Å². The predicted octanol–water partition coefficient (Wildman–Crippen LogP) is 6.06. The second kappa shape index (κ2) is 7.18. The van der Waals surface area contributed by atoms with Crippen molar-refractivity contribution in [3.8, 4) is 16.9 Å². The first-order valence-electron chi connectivity index (χ1n) is 8.21. The summed E-state index contributed by atoms with van der Waals surface area (Å²) in [6, 6.07) is 18.5. The highest BCUT2D eigenvalue weighted by atomic mass is 16.5. The van der Waals surface area contributed by atoms with Gasteiger partial charge in [-0.2, -0.15) is 0 Å². The van der Waals surface area contributed by atoms with Gasteiger partial charge in [-0.15, -0.1) is 0 Å². The number of aromatic nitrogens is 1. The minimum atomic E-state index is 0.617. The third-order valence-electron chi connectivity index (χ3n) is 4.25. The second-order valence-electron chi connectivity index (χ2n) is 5.95. The van der Waals surface area contributed by atoms with Gasteiger partial charge >= 0.3 is 0 Å². The van der Waals surface area contributed by atoms with Crippen molar-refractivity contribution >= 4 is 11.8 Å². The summed E-state index contributed by atoms with van der Waals surface area (Å²) in [7, 11) is 0. The third kappa shape index (κ3) is 3.53. The predicted molar refractivity (Wildman–Crippen MR) is 105 cm³/mol. The van der Waals surface area contributed by atoms with Crippen LogP contribution >= 0.6 is 0 Å². The lowest BCUT2D eigenvalue weighted by molar-refractivity contribution is 0.509. The van der Waals surface area contributed by atoms with E-state index in [9.17, 15) is 0 Å². The van der Waals surface area contributed by atoms with Crippen LogP contribution in [0.15, 0.2) is 74.0 Å². The molecule has 3 aromatic rings. The quantitative estimate of drug-likeness (QED) is 0.531. The molecule has 0 aliphatic rings.